The van der Waals surface area contributed by atoms with Crippen LogP contribution in [0.2, 0.25) is 0 Å². The number of alkyl halides is 1. The van der Waals surface area contributed by atoms with E-state index in [4.69, 9.17) is 20.6 Å². The zero-order valence-corrected chi connectivity index (χ0v) is 14.9. The molecule has 1 atom stereocenters. The molecule has 9 nitrogen and oxygen atoms in total. The third-order valence-corrected chi connectivity index (χ3v) is 7.25. The highest BCUT2D eigenvalue weighted by Gasteiger charge is 2.42. The van der Waals surface area contributed by atoms with E-state index >= 15 is 0 Å². The highest BCUT2D eigenvalue weighted by molar-refractivity contribution is 7.87. The Balaban J connectivity index is 5.41. The molecule has 0 aliphatic rings. The Morgan fingerprint density at radius 3 is 2.10 bits per heavy atom. The van der Waals surface area contributed by atoms with Gasteiger partial charge in [0, 0.05) is 12.9 Å². The maximum Gasteiger partial charge on any atom is 0.348 e. The van der Waals surface area contributed by atoms with Gasteiger partial charge in [-0.15, -0.1) is 20.9 Å². The smallest absolute Gasteiger partial charge is 0.308 e. The van der Waals surface area contributed by atoms with E-state index in [1.807, 2.05) is 0 Å². The summed E-state index contributed by atoms with van der Waals surface area (Å²) in [7, 11) is -6.79. The molecule has 0 bridgehead atoms. The van der Waals surface area contributed by atoms with Crippen molar-refractivity contribution in [3.63, 3.8) is 0 Å². The summed E-state index contributed by atoms with van der Waals surface area (Å²) in [5, 5.41) is 2.42. The molecule has 0 saturated carbocycles. The zero-order chi connectivity index (χ0) is 16.7. The Hall–Kier alpha value is -0.250. The Labute approximate surface area is 130 Å². The van der Waals surface area contributed by atoms with Gasteiger partial charge in [0.1, 0.15) is 5.78 Å². The summed E-state index contributed by atoms with van der Waals surface area (Å²) < 4.78 is 48.2. The van der Waals surface area contributed by atoms with Crippen molar-refractivity contribution < 1.29 is 22.0 Å². The highest BCUT2D eigenvalue weighted by Crippen LogP contribution is 2.54. The second-order valence-corrected chi connectivity index (χ2v) is 8.46. The average molecular weight is 366 g/mol. The molecule has 0 spiro atoms. The minimum Gasteiger partial charge on any atom is -0.308 e. The first-order valence-corrected chi connectivity index (χ1v) is 9.79. The van der Waals surface area contributed by atoms with E-state index in [0.717, 1.165) is 11.4 Å². The molecular weight excluding hydrogens is 345 g/mol. The van der Waals surface area contributed by atoms with E-state index in [1.165, 1.54) is 6.92 Å². The first-order chi connectivity index (χ1) is 9.71. The highest BCUT2D eigenvalue weighted by atomic mass is 35.5. The number of hydrogen-bond acceptors (Lipinski definition) is 7. The third kappa shape index (κ3) is 5.15. The molecule has 0 heterocycles. The first kappa shape index (κ1) is 20.8. The lowest BCUT2D eigenvalue weighted by Crippen LogP contribution is -2.44. The van der Waals surface area contributed by atoms with Crippen molar-refractivity contribution in [3.05, 3.63) is 4.91 Å². The summed E-state index contributed by atoms with van der Waals surface area (Å²) in [4.78, 5) is 10.6. The standard InChI is InChI=1S/C9H21ClN3O6PS/c1-5-18-20(15,19-6-2)9(3)12(4)21(16,17)13(11-14)8-7-10/h9H,5-8H2,1-4H3. The number of nitroso groups, excluding NO2 is 1. The third-order valence-electron chi connectivity index (χ3n) is 2.60. The lowest BCUT2D eigenvalue weighted by Gasteiger charge is -2.31. The van der Waals surface area contributed by atoms with Gasteiger partial charge in [0.25, 0.3) is 0 Å². The molecule has 0 aromatic rings. The average Bonchev–Trinajstić information content (AvgIpc) is 2.43. The molecule has 0 aromatic heterocycles. The number of hydrogen-bond donors (Lipinski definition) is 0. The summed E-state index contributed by atoms with van der Waals surface area (Å²) in [6.45, 7) is 4.48. The van der Waals surface area contributed by atoms with Crippen molar-refractivity contribution in [2.75, 3.05) is 32.7 Å². The summed E-state index contributed by atoms with van der Waals surface area (Å²) in [6.07, 6.45) is 0. The maximum absolute atomic E-state index is 12.6. The molecule has 1 unspecified atom stereocenters. The van der Waals surface area contributed by atoms with E-state index in [-0.39, 0.29) is 25.6 Å². The second-order valence-electron chi connectivity index (χ2n) is 3.85. The van der Waals surface area contributed by atoms with Gasteiger partial charge in [-0.1, -0.05) is 0 Å². The van der Waals surface area contributed by atoms with Gasteiger partial charge >= 0.3 is 17.8 Å². The van der Waals surface area contributed by atoms with E-state index in [2.05, 4.69) is 5.29 Å². The fourth-order valence-electron chi connectivity index (χ4n) is 1.42. The van der Waals surface area contributed by atoms with Crippen LogP contribution in [0.3, 0.4) is 0 Å². The van der Waals surface area contributed by atoms with E-state index in [1.54, 1.807) is 13.8 Å². The zero-order valence-electron chi connectivity index (χ0n) is 12.4. The minimum atomic E-state index is -4.26. The van der Waals surface area contributed by atoms with Crippen LogP contribution in [0, 0.1) is 4.91 Å². The van der Waals surface area contributed by atoms with Crippen LogP contribution in [0.1, 0.15) is 20.8 Å². The molecule has 0 rings (SSSR count). The largest absolute Gasteiger partial charge is 0.348 e. The van der Waals surface area contributed by atoms with Crippen LogP contribution in [0.25, 0.3) is 0 Å². The number of nitrogens with zero attached hydrogens (tertiary/aromatic N) is 3. The molecule has 0 saturated heterocycles. The molecule has 0 N–H and O–H groups in total. The van der Waals surface area contributed by atoms with Crippen LogP contribution < -0.4 is 0 Å². The van der Waals surface area contributed by atoms with Crippen molar-refractivity contribution >= 4 is 29.4 Å². The quantitative estimate of drug-likeness (QED) is 0.240. The molecule has 21 heavy (non-hydrogen) atoms. The van der Waals surface area contributed by atoms with Crippen LogP contribution in [-0.4, -0.2) is 55.6 Å². The molecular formula is C9H21ClN3O6PS. The van der Waals surface area contributed by atoms with Gasteiger partial charge in [0.05, 0.1) is 25.0 Å². The molecule has 0 radical (unpaired) electrons. The number of rotatable bonds is 11. The first-order valence-electron chi connectivity index (χ1n) is 6.24. The fraction of sp³-hybridized carbons (Fsp3) is 1.00. The van der Waals surface area contributed by atoms with Gasteiger partial charge in [0.2, 0.25) is 0 Å². The van der Waals surface area contributed by atoms with Crippen LogP contribution in [0.15, 0.2) is 5.29 Å². The van der Waals surface area contributed by atoms with Gasteiger partial charge in [-0.3, -0.25) is 4.57 Å². The van der Waals surface area contributed by atoms with Gasteiger partial charge in [-0.2, -0.15) is 12.7 Å². The van der Waals surface area contributed by atoms with E-state index in [9.17, 15) is 17.9 Å². The minimum absolute atomic E-state index is 0.0901. The maximum atomic E-state index is 12.6. The lowest BCUT2D eigenvalue weighted by atomic mass is 10.8. The summed E-state index contributed by atoms with van der Waals surface area (Å²) in [5.41, 5.74) is 0. The van der Waals surface area contributed by atoms with Crippen molar-refractivity contribution in [2.45, 2.75) is 26.6 Å². The SMILES string of the molecule is CCOP(=O)(OCC)C(C)N(C)S(=O)(=O)N(CCCl)N=O. The Kier molecular flexibility index (Phi) is 8.91. The fourth-order valence-corrected chi connectivity index (χ4v) is 5.10. The van der Waals surface area contributed by atoms with Crippen molar-refractivity contribution in [1.29, 1.82) is 0 Å². The van der Waals surface area contributed by atoms with Gasteiger partial charge in [-0.05, 0) is 20.8 Å². The molecule has 12 heteroatoms. The lowest BCUT2D eigenvalue weighted by molar-refractivity contribution is 0.198. The van der Waals surface area contributed by atoms with Crippen molar-refractivity contribution in [1.82, 2.24) is 8.72 Å². The summed E-state index contributed by atoms with van der Waals surface area (Å²) in [6, 6.07) is 0. The molecule has 0 aliphatic heterocycles. The Bertz CT molecular complexity index is 466. The van der Waals surface area contributed by atoms with Gasteiger partial charge in [0.15, 0.2) is 0 Å². The second kappa shape index (κ2) is 9.02. The Morgan fingerprint density at radius 2 is 1.76 bits per heavy atom. The molecule has 0 fully saturated rings. The molecule has 0 aliphatic carbocycles. The van der Waals surface area contributed by atoms with E-state index in [0.29, 0.717) is 4.41 Å². The molecule has 0 amide bonds. The summed E-state index contributed by atoms with van der Waals surface area (Å²) >= 11 is 5.43. The topological polar surface area (TPSA) is 106 Å². The van der Waals surface area contributed by atoms with E-state index < -0.39 is 23.6 Å². The predicted molar refractivity (Wildman–Crippen MR) is 80.2 cm³/mol. The van der Waals surface area contributed by atoms with Crippen molar-refractivity contribution in [2.24, 2.45) is 5.29 Å². The predicted octanol–water partition coefficient (Wildman–Crippen LogP) is 2.00. The summed E-state index contributed by atoms with van der Waals surface area (Å²) in [5.74, 6) is -1.23. The van der Waals surface area contributed by atoms with Crippen LogP contribution in [-0.2, 0) is 23.8 Å². The molecule has 0 aromatic carbocycles. The van der Waals surface area contributed by atoms with Crippen LogP contribution >= 0.6 is 19.2 Å². The van der Waals surface area contributed by atoms with Gasteiger partial charge < -0.3 is 9.05 Å². The van der Waals surface area contributed by atoms with Crippen LogP contribution in [0.4, 0.5) is 0 Å². The van der Waals surface area contributed by atoms with Crippen LogP contribution in [0.5, 0.6) is 0 Å². The normalized spacial score (nSPS) is 14.2. The monoisotopic (exact) mass is 365 g/mol. The molecule has 126 valence electrons. The van der Waals surface area contributed by atoms with Gasteiger partial charge in [-0.25, -0.2) is 0 Å². The Morgan fingerprint density at radius 1 is 1.29 bits per heavy atom. The van der Waals surface area contributed by atoms with Crippen molar-refractivity contribution in [3.8, 4) is 0 Å². The number of halogens is 1.